The van der Waals surface area contributed by atoms with E-state index in [0.29, 0.717) is 22.2 Å². The van der Waals surface area contributed by atoms with Crippen molar-refractivity contribution in [2.24, 2.45) is 0 Å². The molecule has 4 rings (SSSR count). The van der Waals surface area contributed by atoms with Crippen LogP contribution in [0.3, 0.4) is 0 Å². The van der Waals surface area contributed by atoms with Gasteiger partial charge in [0.05, 0.1) is 23.9 Å². The second kappa shape index (κ2) is 8.57. The van der Waals surface area contributed by atoms with E-state index in [9.17, 15) is 9.59 Å². The van der Waals surface area contributed by atoms with Gasteiger partial charge in [0.25, 0.3) is 0 Å². The van der Waals surface area contributed by atoms with E-state index >= 15 is 0 Å². The quantitative estimate of drug-likeness (QED) is 0.448. The van der Waals surface area contributed by atoms with Crippen LogP contribution in [-0.4, -0.2) is 30.6 Å². The molecule has 30 heavy (non-hydrogen) atoms. The highest BCUT2D eigenvalue weighted by atomic mass is 16.6. The summed E-state index contributed by atoms with van der Waals surface area (Å²) in [6.07, 6.45) is 0. The first kappa shape index (κ1) is 19.3. The number of rotatable bonds is 5. The number of carbonyl (C=O) groups is 2. The fourth-order valence-electron chi connectivity index (χ4n) is 3.22. The SMILES string of the molecule is COC(=O)COC(=O)c1cc(-c2ccc(-c3ccccc3)cc2)nc2ccccc12. The van der Waals surface area contributed by atoms with Gasteiger partial charge in [-0.15, -0.1) is 0 Å². The van der Waals surface area contributed by atoms with Gasteiger partial charge in [-0.2, -0.15) is 0 Å². The fourth-order valence-corrected chi connectivity index (χ4v) is 3.22. The number of hydrogen-bond acceptors (Lipinski definition) is 5. The van der Waals surface area contributed by atoms with Crippen LogP contribution in [0, 0.1) is 0 Å². The molecular weight excluding hydrogens is 378 g/mol. The van der Waals surface area contributed by atoms with E-state index in [2.05, 4.69) is 16.9 Å². The average molecular weight is 397 g/mol. The van der Waals surface area contributed by atoms with Gasteiger partial charge in [-0.25, -0.2) is 14.6 Å². The summed E-state index contributed by atoms with van der Waals surface area (Å²) in [5, 5.41) is 0.664. The van der Waals surface area contributed by atoms with Crippen molar-refractivity contribution in [3.63, 3.8) is 0 Å². The van der Waals surface area contributed by atoms with E-state index in [0.717, 1.165) is 16.7 Å². The van der Waals surface area contributed by atoms with E-state index in [1.807, 2.05) is 60.7 Å². The molecule has 0 atom stereocenters. The molecule has 0 amide bonds. The Bertz CT molecular complexity index is 1200. The molecule has 3 aromatic carbocycles. The predicted octanol–water partition coefficient (Wildman–Crippen LogP) is 4.90. The van der Waals surface area contributed by atoms with Gasteiger partial charge in [-0.05, 0) is 23.3 Å². The Morgan fingerprint density at radius 3 is 2.17 bits per heavy atom. The summed E-state index contributed by atoms with van der Waals surface area (Å²) < 4.78 is 9.65. The topological polar surface area (TPSA) is 65.5 Å². The summed E-state index contributed by atoms with van der Waals surface area (Å²) in [5.74, 6) is -1.21. The largest absolute Gasteiger partial charge is 0.466 e. The van der Waals surface area contributed by atoms with E-state index in [4.69, 9.17) is 9.72 Å². The van der Waals surface area contributed by atoms with Gasteiger partial charge in [-0.3, -0.25) is 0 Å². The molecule has 0 aliphatic heterocycles. The number of para-hydroxylation sites is 1. The van der Waals surface area contributed by atoms with Crippen LogP contribution in [-0.2, 0) is 14.3 Å². The molecule has 5 nitrogen and oxygen atoms in total. The van der Waals surface area contributed by atoms with Gasteiger partial charge in [0.15, 0.2) is 6.61 Å². The fraction of sp³-hybridized carbons (Fsp3) is 0.0800. The van der Waals surface area contributed by atoms with E-state index < -0.39 is 18.5 Å². The first-order valence-electron chi connectivity index (χ1n) is 9.45. The van der Waals surface area contributed by atoms with Crippen LogP contribution < -0.4 is 0 Å². The molecule has 5 heteroatoms. The van der Waals surface area contributed by atoms with Crippen LogP contribution in [0.5, 0.6) is 0 Å². The maximum atomic E-state index is 12.6. The number of pyridine rings is 1. The molecule has 0 bridgehead atoms. The lowest BCUT2D eigenvalue weighted by molar-refractivity contribution is -0.144. The van der Waals surface area contributed by atoms with Gasteiger partial charge in [0, 0.05) is 10.9 Å². The monoisotopic (exact) mass is 397 g/mol. The minimum absolute atomic E-state index is 0.353. The van der Waals surface area contributed by atoms with Crippen molar-refractivity contribution in [3.8, 4) is 22.4 Å². The van der Waals surface area contributed by atoms with Crippen molar-refractivity contribution in [3.05, 3.63) is 90.5 Å². The van der Waals surface area contributed by atoms with Gasteiger partial charge in [-0.1, -0.05) is 72.8 Å². The molecule has 0 aliphatic carbocycles. The number of benzene rings is 3. The zero-order chi connectivity index (χ0) is 20.9. The third kappa shape index (κ3) is 4.05. The van der Waals surface area contributed by atoms with Crippen molar-refractivity contribution in [2.75, 3.05) is 13.7 Å². The van der Waals surface area contributed by atoms with Crippen molar-refractivity contribution in [1.29, 1.82) is 0 Å². The number of ether oxygens (including phenoxy) is 2. The smallest absolute Gasteiger partial charge is 0.344 e. The lowest BCUT2D eigenvalue weighted by atomic mass is 10.0. The van der Waals surface area contributed by atoms with Gasteiger partial charge >= 0.3 is 11.9 Å². The lowest BCUT2D eigenvalue weighted by Crippen LogP contribution is -2.15. The minimum Gasteiger partial charge on any atom is -0.466 e. The third-order valence-corrected chi connectivity index (χ3v) is 4.77. The van der Waals surface area contributed by atoms with Crippen molar-refractivity contribution in [2.45, 2.75) is 0 Å². The van der Waals surface area contributed by atoms with Crippen LogP contribution in [0.15, 0.2) is 84.9 Å². The van der Waals surface area contributed by atoms with Crippen molar-refractivity contribution >= 4 is 22.8 Å². The molecule has 0 N–H and O–H groups in total. The predicted molar refractivity (Wildman–Crippen MR) is 115 cm³/mol. The zero-order valence-electron chi connectivity index (χ0n) is 16.4. The summed E-state index contributed by atoms with van der Waals surface area (Å²) in [6.45, 7) is -0.437. The number of carbonyl (C=O) groups excluding carboxylic acids is 2. The number of nitrogens with zero attached hydrogens (tertiary/aromatic N) is 1. The molecule has 0 aliphatic rings. The summed E-state index contributed by atoms with van der Waals surface area (Å²) in [4.78, 5) is 28.7. The Morgan fingerprint density at radius 1 is 0.800 bits per heavy atom. The Kier molecular flexibility index (Phi) is 5.52. The van der Waals surface area contributed by atoms with E-state index in [1.165, 1.54) is 7.11 Å². The normalized spacial score (nSPS) is 10.6. The summed E-state index contributed by atoms with van der Waals surface area (Å²) in [5.41, 5.74) is 4.78. The molecule has 148 valence electrons. The van der Waals surface area contributed by atoms with Crippen LogP contribution in [0.2, 0.25) is 0 Å². The summed E-state index contributed by atoms with van der Waals surface area (Å²) >= 11 is 0. The van der Waals surface area contributed by atoms with Gasteiger partial charge < -0.3 is 9.47 Å². The zero-order valence-corrected chi connectivity index (χ0v) is 16.4. The number of esters is 2. The van der Waals surface area contributed by atoms with Gasteiger partial charge in [0.2, 0.25) is 0 Å². The maximum absolute atomic E-state index is 12.6. The first-order valence-corrected chi connectivity index (χ1v) is 9.45. The second-order valence-electron chi connectivity index (χ2n) is 6.67. The average Bonchev–Trinajstić information content (AvgIpc) is 2.82. The number of methoxy groups -OCH3 is 1. The lowest BCUT2D eigenvalue weighted by Gasteiger charge is -2.10. The molecule has 0 saturated carbocycles. The minimum atomic E-state index is -0.613. The molecular formula is C25H19NO4. The Hall–Kier alpha value is -3.99. The second-order valence-corrected chi connectivity index (χ2v) is 6.67. The van der Waals surface area contributed by atoms with E-state index in [1.54, 1.807) is 12.1 Å². The highest BCUT2D eigenvalue weighted by molar-refractivity contribution is 6.05. The van der Waals surface area contributed by atoms with Crippen LogP contribution in [0.1, 0.15) is 10.4 Å². The Morgan fingerprint density at radius 2 is 1.43 bits per heavy atom. The highest BCUT2D eigenvalue weighted by Gasteiger charge is 2.16. The number of hydrogen-bond donors (Lipinski definition) is 0. The molecule has 0 spiro atoms. The summed E-state index contributed by atoms with van der Waals surface area (Å²) in [7, 11) is 1.25. The molecule has 0 saturated heterocycles. The molecule has 1 aromatic heterocycles. The standard InChI is InChI=1S/C25H19NO4/c1-29-24(27)16-30-25(28)21-15-23(26-22-10-6-5-9-20(21)22)19-13-11-18(12-14-19)17-7-3-2-4-8-17/h2-15H,16H2,1H3. The van der Waals surface area contributed by atoms with Crippen molar-refractivity contribution < 1.29 is 19.1 Å². The number of aromatic nitrogens is 1. The molecule has 0 fully saturated rings. The van der Waals surface area contributed by atoms with Crippen LogP contribution >= 0.6 is 0 Å². The van der Waals surface area contributed by atoms with Crippen LogP contribution in [0.4, 0.5) is 0 Å². The number of fused-ring (bicyclic) bond motifs is 1. The Labute approximate surface area is 173 Å². The molecule has 4 aromatic rings. The third-order valence-electron chi connectivity index (χ3n) is 4.77. The molecule has 1 heterocycles. The maximum Gasteiger partial charge on any atom is 0.344 e. The Balaban J connectivity index is 1.71. The first-order chi connectivity index (χ1) is 14.7. The van der Waals surface area contributed by atoms with Crippen molar-refractivity contribution in [1.82, 2.24) is 4.98 Å². The molecule has 0 radical (unpaired) electrons. The highest BCUT2D eigenvalue weighted by Crippen LogP contribution is 2.27. The van der Waals surface area contributed by atoms with E-state index in [-0.39, 0.29) is 0 Å². The summed E-state index contributed by atoms with van der Waals surface area (Å²) in [6, 6.07) is 27.1. The van der Waals surface area contributed by atoms with Crippen LogP contribution in [0.25, 0.3) is 33.3 Å². The molecule has 0 unspecified atom stereocenters. The van der Waals surface area contributed by atoms with Gasteiger partial charge in [0.1, 0.15) is 0 Å².